The van der Waals surface area contributed by atoms with Crippen molar-refractivity contribution < 1.29 is 0 Å². The van der Waals surface area contributed by atoms with Crippen molar-refractivity contribution in [2.24, 2.45) is 13.0 Å². The van der Waals surface area contributed by atoms with Crippen LogP contribution in [0.1, 0.15) is 31.2 Å². The van der Waals surface area contributed by atoms with Gasteiger partial charge in [-0.05, 0) is 56.7 Å². The van der Waals surface area contributed by atoms with E-state index in [1.54, 1.807) is 0 Å². The van der Waals surface area contributed by atoms with Crippen LogP contribution in [0.3, 0.4) is 0 Å². The number of nitrogens with zero attached hydrogens (tertiary/aromatic N) is 3. The first-order valence-electron chi connectivity index (χ1n) is 7.73. The van der Waals surface area contributed by atoms with Gasteiger partial charge in [0.2, 0.25) is 0 Å². The molecule has 0 bridgehead atoms. The SMILES string of the molecule is Cn1cc(CCN(CC2CCNCC2)C2CC2)cn1. The van der Waals surface area contributed by atoms with Gasteiger partial charge < -0.3 is 5.32 Å². The van der Waals surface area contributed by atoms with Gasteiger partial charge >= 0.3 is 0 Å². The average Bonchev–Trinajstić information content (AvgIpc) is 3.19. The molecule has 0 radical (unpaired) electrons. The number of nitrogens with one attached hydrogen (secondary N) is 1. The van der Waals surface area contributed by atoms with Gasteiger partial charge in [0, 0.05) is 32.4 Å². The fraction of sp³-hybridized carbons (Fsp3) is 0.800. The normalized spacial score (nSPS) is 21.2. The van der Waals surface area contributed by atoms with Gasteiger partial charge in [-0.3, -0.25) is 9.58 Å². The van der Waals surface area contributed by atoms with E-state index >= 15 is 0 Å². The molecule has 0 amide bonds. The standard InChI is InChI=1S/C15H26N4/c1-18-11-14(10-17-18)6-9-19(15-2-3-15)12-13-4-7-16-8-5-13/h10-11,13,15-16H,2-9,12H2,1H3. The number of aromatic nitrogens is 2. The third kappa shape index (κ3) is 3.80. The van der Waals surface area contributed by atoms with Gasteiger partial charge in [-0.25, -0.2) is 0 Å². The first kappa shape index (κ1) is 13.1. The Morgan fingerprint density at radius 1 is 1.32 bits per heavy atom. The molecule has 1 aromatic rings. The van der Waals surface area contributed by atoms with Gasteiger partial charge in [-0.1, -0.05) is 0 Å². The van der Waals surface area contributed by atoms with Crippen LogP contribution >= 0.6 is 0 Å². The van der Waals surface area contributed by atoms with Crippen molar-refractivity contribution >= 4 is 0 Å². The van der Waals surface area contributed by atoms with Crippen LogP contribution in [0.25, 0.3) is 0 Å². The Morgan fingerprint density at radius 2 is 2.11 bits per heavy atom. The van der Waals surface area contributed by atoms with Crippen molar-refractivity contribution in [3.8, 4) is 0 Å². The van der Waals surface area contributed by atoms with E-state index in [4.69, 9.17) is 0 Å². The zero-order valence-corrected chi connectivity index (χ0v) is 12.0. The average molecular weight is 262 g/mol. The Hall–Kier alpha value is -0.870. The highest BCUT2D eigenvalue weighted by Crippen LogP contribution is 2.29. The monoisotopic (exact) mass is 262 g/mol. The zero-order valence-electron chi connectivity index (χ0n) is 12.0. The number of hydrogen-bond acceptors (Lipinski definition) is 3. The number of piperidine rings is 1. The summed E-state index contributed by atoms with van der Waals surface area (Å²) < 4.78 is 1.91. The molecule has 4 nitrogen and oxygen atoms in total. The Morgan fingerprint density at radius 3 is 2.74 bits per heavy atom. The lowest BCUT2D eigenvalue weighted by Crippen LogP contribution is -2.38. The molecule has 106 valence electrons. The van der Waals surface area contributed by atoms with Crippen molar-refractivity contribution in [3.05, 3.63) is 18.0 Å². The van der Waals surface area contributed by atoms with E-state index in [0.29, 0.717) is 0 Å². The van der Waals surface area contributed by atoms with Crippen LogP contribution in [0.15, 0.2) is 12.4 Å². The largest absolute Gasteiger partial charge is 0.317 e. The van der Waals surface area contributed by atoms with E-state index in [1.807, 2.05) is 17.9 Å². The summed E-state index contributed by atoms with van der Waals surface area (Å²) in [4.78, 5) is 2.74. The fourth-order valence-electron chi connectivity index (χ4n) is 3.13. The summed E-state index contributed by atoms with van der Waals surface area (Å²) in [5.41, 5.74) is 1.37. The van der Waals surface area contributed by atoms with Crippen LogP contribution in [0.5, 0.6) is 0 Å². The second-order valence-electron chi connectivity index (χ2n) is 6.19. The number of hydrogen-bond donors (Lipinski definition) is 1. The summed E-state index contributed by atoms with van der Waals surface area (Å²) in [6, 6.07) is 0.881. The fourth-order valence-corrected chi connectivity index (χ4v) is 3.13. The van der Waals surface area contributed by atoms with Gasteiger partial charge in [-0.15, -0.1) is 0 Å². The molecular weight excluding hydrogens is 236 g/mol. The topological polar surface area (TPSA) is 33.1 Å². The van der Waals surface area contributed by atoms with Gasteiger partial charge in [-0.2, -0.15) is 5.10 Å². The Labute approximate surface area is 116 Å². The van der Waals surface area contributed by atoms with Crippen molar-refractivity contribution in [1.29, 1.82) is 0 Å². The van der Waals surface area contributed by atoms with Crippen LogP contribution in [0.2, 0.25) is 0 Å². The van der Waals surface area contributed by atoms with E-state index in [9.17, 15) is 0 Å². The van der Waals surface area contributed by atoms with Gasteiger partial charge in [0.05, 0.1) is 6.20 Å². The summed E-state index contributed by atoms with van der Waals surface area (Å²) in [6.07, 6.45) is 10.8. The van der Waals surface area contributed by atoms with Crippen LogP contribution in [0.4, 0.5) is 0 Å². The Kier molecular flexibility index (Phi) is 4.18. The summed E-state index contributed by atoms with van der Waals surface area (Å²) in [7, 11) is 2.00. The molecule has 0 aromatic carbocycles. The lowest BCUT2D eigenvalue weighted by molar-refractivity contribution is 0.199. The predicted molar refractivity (Wildman–Crippen MR) is 77.1 cm³/mol. The van der Waals surface area contributed by atoms with E-state index in [1.165, 1.54) is 57.4 Å². The Bertz CT molecular complexity index is 391. The minimum atomic E-state index is 0.881. The quantitative estimate of drug-likeness (QED) is 0.842. The molecule has 3 rings (SSSR count). The summed E-state index contributed by atoms with van der Waals surface area (Å²) in [5.74, 6) is 0.913. The van der Waals surface area contributed by atoms with Crippen molar-refractivity contribution in [2.75, 3.05) is 26.2 Å². The number of rotatable bonds is 6. The maximum Gasteiger partial charge on any atom is 0.0522 e. The highest BCUT2D eigenvalue weighted by Gasteiger charge is 2.30. The van der Waals surface area contributed by atoms with Crippen molar-refractivity contribution in [2.45, 2.75) is 38.1 Å². The number of aryl methyl sites for hydroxylation is 1. The highest BCUT2D eigenvalue weighted by atomic mass is 15.2. The minimum Gasteiger partial charge on any atom is -0.317 e. The molecule has 0 atom stereocenters. The molecule has 2 aliphatic rings. The van der Waals surface area contributed by atoms with E-state index in [-0.39, 0.29) is 0 Å². The third-order valence-electron chi connectivity index (χ3n) is 4.46. The molecule has 1 aliphatic heterocycles. The van der Waals surface area contributed by atoms with Crippen LogP contribution in [-0.2, 0) is 13.5 Å². The molecule has 1 saturated carbocycles. The molecular formula is C15H26N4. The molecule has 0 unspecified atom stereocenters. The van der Waals surface area contributed by atoms with Crippen LogP contribution < -0.4 is 5.32 Å². The maximum absolute atomic E-state index is 4.26. The molecule has 1 aromatic heterocycles. The molecule has 2 heterocycles. The third-order valence-corrected chi connectivity index (χ3v) is 4.46. The second-order valence-corrected chi connectivity index (χ2v) is 6.19. The van der Waals surface area contributed by atoms with Gasteiger partial charge in [0.25, 0.3) is 0 Å². The molecule has 1 aliphatic carbocycles. The smallest absolute Gasteiger partial charge is 0.0522 e. The van der Waals surface area contributed by atoms with Gasteiger partial charge in [0.15, 0.2) is 0 Å². The summed E-state index contributed by atoms with van der Waals surface area (Å²) >= 11 is 0. The maximum atomic E-state index is 4.26. The van der Waals surface area contributed by atoms with E-state index in [2.05, 4.69) is 21.5 Å². The van der Waals surface area contributed by atoms with Crippen molar-refractivity contribution in [1.82, 2.24) is 20.0 Å². The molecule has 2 fully saturated rings. The second kappa shape index (κ2) is 6.06. The first-order chi connectivity index (χ1) is 9.31. The lowest BCUT2D eigenvalue weighted by atomic mass is 9.97. The Balaban J connectivity index is 1.49. The molecule has 4 heteroatoms. The van der Waals surface area contributed by atoms with E-state index in [0.717, 1.165) is 18.4 Å². The summed E-state index contributed by atoms with van der Waals surface area (Å²) in [5, 5.41) is 7.72. The lowest BCUT2D eigenvalue weighted by Gasteiger charge is -2.30. The van der Waals surface area contributed by atoms with Crippen molar-refractivity contribution in [3.63, 3.8) is 0 Å². The predicted octanol–water partition coefficient (Wildman–Crippen LogP) is 1.43. The molecule has 1 N–H and O–H groups in total. The molecule has 1 saturated heterocycles. The molecule has 19 heavy (non-hydrogen) atoms. The minimum absolute atomic E-state index is 0.881. The van der Waals surface area contributed by atoms with Crippen LogP contribution in [0, 0.1) is 5.92 Å². The van der Waals surface area contributed by atoms with Gasteiger partial charge in [0.1, 0.15) is 0 Å². The van der Waals surface area contributed by atoms with E-state index < -0.39 is 0 Å². The summed E-state index contributed by atoms with van der Waals surface area (Å²) in [6.45, 7) is 4.95. The van der Waals surface area contributed by atoms with Crippen LogP contribution in [-0.4, -0.2) is 46.9 Å². The first-order valence-corrected chi connectivity index (χ1v) is 7.73. The molecule has 0 spiro atoms. The zero-order chi connectivity index (χ0) is 13.1. The highest BCUT2D eigenvalue weighted by molar-refractivity contribution is 5.04.